The molecular weight excluding hydrogens is 274 g/mol. The highest BCUT2D eigenvalue weighted by atomic mass is 32.1. The maximum atomic E-state index is 11.8. The molecule has 0 aliphatic heterocycles. The third-order valence-electron chi connectivity index (χ3n) is 3.91. The van der Waals surface area contributed by atoms with E-state index in [1.165, 1.54) is 11.3 Å². The summed E-state index contributed by atoms with van der Waals surface area (Å²) in [4.78, 5) is 19.1. The van der Waals surface area contributed by atoms with E-state index < -0.39 is 0 Å². The van der Waals surface area contributed by atoms with Crippen LogP contribution in [0.3, 0.4) is 0 Å². The number of H-pyrrole nitrogens is 1. The van der Waals surface area contributed by atoms with Crippen molar-refractivity contribution in [2.45, 2.75) is 38.3 Å². The Balaban J connectivity index is 1.56. The van der Waals surface area contributed by atoms with Crippen LogP contribution in [0.4, 0.5) is 0 Å². The first-order chi connectivity index (χ1) is 9.72. The second-order valence-corrected chi connectivity index (χ2v) is 6.37. The zero-order valence-electron chi connectivity index (χ0n) is 11.3. The molecule has 0 saturated heterocycles. The van der Waals surface area contributed by atoms with Crippen LogP contribution in [0.5, 0.6) is 0 Å². The van der Waals surface area contributed by atoms with Crippen molar-refractivity contribution in [1.29, 1.82) is 0 Å². The van der Waals surface area contributed by atoms with Gasteiger partial charge in [0, 0.05) is 0 Å². The van der Waals surface area contributed by atoms with Crippen molar-refractivity contribution in [1.82, 2.24) is 15.3 Å². The number of aliphatic hydroxyl groups excluding tert-OH is 1. The first-order valence-corrected chi connectivity index (χ1v) is 7.95. The van der Waals surface area contributed by atoms with Crippen LogP contribution >= 0.6 is 11.3 Å². The Morgan fingerprint density at radius 3 is 3.00 bits per heavy atom. The highest BCUT2D eigenvalue weighted by Crippen LogP contribution is 2.23. The average Bonchev–Trinajstić information content (AvgIpc) is 2.90. The molecular formula is C14H19N3O2S. The van der Waals surface area contributed by atoms with Gasteiger partial charge in [-0.3, -0.25) is 4.79 Å². The predicted octanol–water partition coefficient (Wildman–Crippen LogP) is 1.63. The molecule has 0 bridgehead atoms. The molecule has 3 N–H and O–H groups in total. The fourth-order valence-corrected chi connectivity index (χ4v) is 3.47. The summed E-state index contributed by atoms with van der Waals surface area (Å²) in [5.41, 5.74) is 0.721. The number of aromatic nitrogens is 2. The monoisotopic (exact) mass is 293 g/mol. The third kappa shape index (κ3) is 3.08. The average molecular weight is 293 g/mol. The Kier molecular flexibility index (Phi) is 4.14. The molecule has 0 aromatic carbocycles. The van der Waals surface area contributed by atoms with Crippen LogP contribution in [0, 0.1) is 5.92 Å². The van der Waals surface area contributed by atoms with Gasteiger partial charge in [0.1, 0.15) is 10.5 Å². The van der Waals surface area contributed by atoms with E-state index in [9.17, 15) is 9.90 Å². The number of fused-ring (bicyclic) bond motifs is 1. The molecule has 3 rings (SSSR count). The SMILES string of the molecule is O=c1[nH]c(CNCC2CCC(O)CC2)nc2ccsc12. The maximum absolute atomic E-state index is 11.8. The van der Waals surface area contributed by atoms with Crippen LogP contribution < -0.4 is 10.9 Å². The van der Waals surface area contributed by atoms with Gasteiger partial charge in [-0.25, -0.2) is 4.98 Å². The second kappa shape index (κ2) is 6.03. The molecule has 0 spiro atoms. The largest absolute Gasteiger partial charge is 0.393 e. The molecule has 2 aromatic rings. The lowest BCUT2D eigenvalue weighted by Crippen LogP contribution is -2.28. The predicted molar refractivity (Wildman–Crippen MR) is 79.9 cm³/mol. The smallest absolute Gasteiger partial charge is 0.268 e. The van der Waals surface area contributed by atoms with Crippen molar-refractivity contribution < 1.29 is 5.11 Å². The van der Waals surface area contributed by atoms with Crippen molar-refractivity contribution in [2.24, 2.45) is 5.92 Å². The van der Waals surface area contributed by atoms with E-state index in [2.05, 4.69) is 15.3 Å². The lowest BCUT2D eigenvalue weighted by atomic mass is 9.87. The zero-order chi connectivity index (χ0) is 13.9. The van der Waals surface area contributed by atoms with Crippen LogP contribution in [0.15, 0.2) is 16.2 Å². The first kappa shape index (κ1) is 13.7. The molecule has 0 atom stereocenters. The number of nitrogens with zero attached hydrogens (tertiary/aromatic N) is 1. The van der Waals surface area contributed by atoms with Crippen LogP contribution in [-0.4, -0.2) is 27.7 Å². The Hall–Kier alpha value is -1.24. The number of hydrogen-bond donors (Lipinski definition) is 3. The molecule has 108 valence electrons. The van der Waals surface area contributed by atoms with Gasteiger partial charge in [-0.05, 0) is 49.6 Å². The molecule has 0 amide bonds. The van der Waals surface area contributed by atoms with Gasteiger partial charge in [-0.15, -0.1) is 11.3 Å². The molecule has 5 nitrogen and oxygen atoms in total. The summed E-state index contributed by atoms with van der Waals surface area (Å²) in [6.07, 6.45) is 3.85. The summed E-state index contributed by atoms with van der Waals surface area (Å²) in [5, 5.41) is 14.7. The molecule has 2 aromatic heterocycles. The molecule has 0 radical (unpaired) electrons. The van der Waals surface area contributed by atoms with Gasteiger partial charge < -0.3 is 15.4 Å². The number of thiophene rings is 1. The van der Waals surface area contributed by atoms with E-state index in [-0.39, 0.29) is 11.7 Å². The standard InChI is InChI=1S/C14H19N3O2S/c18-10-3-1-9(2-4-10)7-15-8-12-16-11-5-6-20-13(11)14(19)17-12/h5-6,9-10,15,18H,1-4,7-8H2,(H,16,17,19). The number of aliphatic hydroxyl groups is 1. The van der Waals surface area contributed by atoms with Crippen LogP contribution in [0.1, 0.15) is 31.5 Å². The molecule has 20 heavy (non-hydrogen) atoms. The maximum Gasteiger partial charge on any atom is 0.268 e. The van der Waals surface area contributed by atoms with Gasteiger partial charge in [0.2, 0.25) is 0 Å². The summed E-state index contributed by atoms with van der Waals surface area (Å²) in [5.74, 6) is 1.31. The van der Waals surface area contributed by atoms with E-state index in [0.717, 1.165) is 37.7 Å². The molecule has 1 aliphatic carbocycles. The fourth-order valence-electron chi connectivity index (χ4n) is 2.75. The minimum absolute atomic E-state index is 0.0532. The molecule has 1 fully saturated rings. The summed E-state index contributed by atoms with van der Waals surface area (Å²) in [7, 11) is 0. The Bertz CT molecular complexity index is 629. The third-order valence-corrected chi connectivity index (χ3v) is 4.81. The van der Waals surface area contributed by atoms with E-state index in [1.807, 2.05) is 11.4 Å². The summed E-state index contributed by atoms with van der Waals surface area (Å²) in [6, 6.07) is 1.88. The Labute approximate surface area is 121 Å². The number of rotatable bonds is 4. The van der Waals surface area contributed by atoms with Crippen molar-refractivity contribution in [3.8, 4) is 0 Å². The minimum atomic E-state index is -0.106. The summed E-state index contributed by atoms with van der Waals surface area (Å²) >= 11 is 1.42. The van der Waals surface area contributed by atoms with Crippen LogP contribution in [0.25, 0.3) is 10.2 Å². The van der Waals surface area contributed by atoms with E-state index in [1.54, 1.807) is 0 Å². The van der Waals surface area contributed by atoms with Gasteiger partial charge in [0.25, 0.3) is 5.56 Å². The molecule has 1 aliphatic rings. The zero-order valence-corrected chi connectivity index (χ0v) is 12.1. The van der Waals surface area contributed by atoms with Gasteiger partial charge in [-0.2, -0.15) is 0 Å². The lowest BCUT2D eigenvalue weighted by Gasteiger charge is -2.25. The highest BCUT2D eigenvalue weighted by Gasteiger charge is 2.18. The topological polar surface area (TPSA) is 78.0 Å². The van der Waals surface area contributed by atoms with Crippen LogP contribution in [0.2, 0.25) is 0 Å². The normalized spacial score (nSPS) is 23.2. The van der Waals surface area contributed by atoms with Gasteiger partial charge >= 0.3 is 0 Å². The number of aromatic amines is 1. The summed E-state index contributed by atoms with van der Waals surface area (Å²) in [6.45, 7) is 1.50. The van der Waals surface area contributed by atoms with E-state index in [0.29, 0.717) is 23.0 Å². The highest BCUT2D eigenvalue weighted by molar-refractivity contribution is 7.17. The van der Waals surface area contributed by atoms with Crippen molar-refractivity contribution in [2.75, 3.05) is 6.54 Å². The molecule has 6 heteroatoms. The quantitative estimate of drug-likeness (QED) is 0.800. The van der Waals surface area contributed by atoms with E-state index in [4.69, 9.17) is 0 Å². The Morgan fingerprint density at radius 2 is 2.20 bits per heavy atom. The van der Waals surface area contributed by atoms with Crippen molar-refractivity contribution in [3.63, 3.8) is 0 Å². The van der Waals surface area contributed by atoms with E-state index >= 15 is 0 Å². The molecule has 1 saturated carbocycles. The minimum Gasteiger partial charge on any atom is -0.393 e. The van der Waals surface area contributed by atoms with Crippen molar-refractivity contribution in [3.05, 3.63) is 27.6 Å². The van der Waals surface area contributed by atoms with Gasteiger partial charge in [0.05, 0.1) is 18.2 Å². The van der Waals surface area contributed by atoms with Gasteiger partial charge in [0.15, 0.2) is 0 Å². The summed E-state index contributed by atoms with van der Waals surface area (Å²) < 4.78 is 0.690. The molecule has 2 heterocycles. The molecule has 0 unspecified atom stereocenters. The lowest BCUT2D eigenvalue weighted by molar-refractivity contribution is 0.108. The van der Waals surface area contributed by atoms with Crippen LogP contribution in [-0.2, 0) is 6.54 Å². The van der Waals surface area contributed by atoms with Gasteiger partial charge in [-0.1, -0.05) is 0 Å². The van der Waals surface area contributed by atoms with Crippen molar-refractivity contribution >= 4 is 21.6 Å². The number of hydrogen-bond acceptors (Lipinski definition) is 5. The first-order valence-electron chi connectivity index (χ1n) is 7.07. The Morgan fingerprint density at radius 1 is 1.40 bits per heavy atom. The fraction of sp³-hybridized carbons (Fsp3) is 0.571. The second-order valence-electron chi connectivity index (χ2n) is 5.45. The number of nitrogens with one attached hydrogen (secondary N) is 2.